The molecule has 0 radical (unpaired) electrons. The molecule has 0 aliphatic carbocycles. The Hall–Kier alpha value is 0.708. The number of hydrogen-bond donors (Lipinski definition) is 0. The molecule has 8 heteroatoms. The van der Waals surface area contributed by atoms with Crippen LogP contribution in [0.4, 0.5) is 0 Å². The molecule has 0 amide bonds. The van der Waals surface area contributed by atoms with Crippen molar-refractivity contribution in [2.75, 3.05) is 13.7 Å². The van der Waals surface area contributed by atoms with Crippen molar-refractivity contribution in [1.29, 1.82) is 0 Å². The van der Waals surface area contributed by atoms with Gasteiger partial charge in [-0.25, -0.2) is 0 Å². The van der Waals surface area contributed by atoms with Crippen LogP contribution in [-0.4, -0.2) is 48.2 Å². The second kappa shape index (κ2) is 13.0. The Morgan fingerprint density at radius 3 is 1.67 bits per heavy atom. The molecule has 0 aliphatic heterocycles. The summed E-state index contributed by atoms with van der Waals surface area (Å²) in [6.07, 6.45) is 5.09. The average molecular weight is 413 g/mol. The van der Waals surface area contributed by atoms with Crippen LogP contribution in [0.3, 0.4) is 0 Å². The molecule has 0 aromatic rings. The molecule has 0 saturated carbocycles. The first kappa shape index (κ1) is 26.9. The molecule has 148 valence electrons. The van der Waals surface area contributed by atoms with E-state index in [1.54, 1.807) is 7.11 Å². The van der Waals surface area contributed by atoms with Gasteiger partial charge in [0.2, 0.25) is 0 Å². The molecule has 0 aliphatic rings. The van der Waals surface area contributed by atoms with E-state index in [2.05, 4.69) is 65.8 Å². The third-order valence-electron chi connectivity index (χ3n) is 3.01. The smallest absolute Gasteiger partial charge is 0.321 e. The van der Waals surface area contributed by atoms with E-state index in [1.807, 2.05) is 0 Å². The van der Waals surface area contributed by atoms with Gasteiger partial charge in [0, 0.05) is 13.7 Å². The third kappa shape index (κ3) is 20.8. The molecule has 0 rings (SSSR count). The molecule has 0 N–H and O–H groups in total. The van der Waals surface area contributed by atoms with Gasteiger partial charge in [-0.2, -0.15) is 0 Å². The fraction of sp³-hybridized carbons (Fsp3) is 1.00. The van der Waals surface area contributed by atoms with E-state index in [4.69, 9.17) is 17.1 Å². The van der Waals surface area contributed by atoms with E-state index in [0.717, 1.165) is 6.61 Å². The molecule has 0 atom stereocenters. The van der Waals surface area contributed by atoms with Gasteiger partial charge < -0.3 is 17.1 Å². The molecule has 24 heavy (non-hydrogen) atoms. The molecule has 4 nitrogen and oxygen atoms in total. The van der Waals surface area contributed by atoms with Crippen LogP contribution in [0, 0.1) is 0 Å². The van der Waals surface area contributed by atoms with E-state index >= 15 is 0 Å². The highest BCUT2D eigenvalue weighted by molar-refractivity contribution is 6.81. The summed E-state index contributed by atoms with van der Waals surface area (Å²) in [5.74, 6) is 0. The fourth-order valence-corrected chi connectivity index (χ4v) is 13.9. The molecule has 0 unspecified atom stereocenters. The van der Waals surface area contributed by atoms with Crippen molar-refractivity contribution < 1.29 is 17.1 Å². The van der Waals surface area contributed by atoms with Crippen LogP contribution in [-0.2, 0) is 17.1 Å². The fourth-order valence-electron chi connectivity index (χ4n) is 2.23. The van der Waals surface area contributed by atoms with Gasteiger partial charge in [0.15, 0.2) is 17.4 Å². The van der Waals surface area contributed by atoms with Gasteiger partial charge in [0.1, 0.15) is 0 Å². The lowest BCUT2D eigenvalue weighted by Crippen LogP contribution is -2.43. The Labute approximate surface area is 157 Å². The van der Waals surface area contributed by atoms with E-state index in [1.165, 1.54) is 25.7 Å². The van der Waals surface area contributed by atoms with Gasteiger partial charge in [0.05, 0.1) is 0 Å². The largest absolute Gasteiger partial charge is 0.439 e. The summed E-state index contributed by atoms with van der Waals surface area (Å²) in [6, 6.07) is 0. The molecule has 0 aromatic heterocycles. The summed E-state index contributed by atoms with van der Waals surface area (Å²) in [7, 11) is -4.09. The van der Waals surface area contributed by atoms with Crippen molar-refractivity contribution in [3.8, 4) is 0 Å². The quantitative estimate of drug-likeness (QED) is 0.333. The van der Waals surface area contributed by atoms with Crippen molar-refractivity contribution in [2.45, 2.75) is 91.5 Å². The average Bonchev–Trinajstić information content (AvgIpc) is 2.35. The highest BCUT2D eigenvalue weighted by atomic mass is 28.4. The first-order valence-corrected chi connectivity index (χ1v) is 21.1. The predicted molar refractivity (Wildman–Crippen MR) is 116 cm³/mol. The summed E-state index contributed by atoms with van der Waals surface area (Å²) in [5, 5.41) is 0. The Bertz CT molecular complexity index is 305. The second-order valence-corrected chi connectivity index (χ2v) is 22.7. The van der Waals surface area contributed by atoms with Crippen molar-refractivity contribution in [1.82, 2.24) is 0 Å². The third-order valence-corrected chi connectivity index (χ3v) is 13.5. The van der Waals surface area contributed by atoms with Crippen LogP contribution in [0.2, 0.25) is 58.9 Å². The maximum absolute atomic E-state index is 5.90. The van der Waals surface area contributed by atoms with Crippen LogP contribution >= 0.6 is 0 Å². The molecule has 0 spiro atoms. The maximum Gasteiger partial charge on any atom is 0.321 e. The van der Waals surface area contributed by atoms with E-state index in [9.17, 15) is 0 Å². The lowest BCUT2D eigenvalue weighted by molar-refractivity contribution is 0.242. The summed E-state index contributed by atoms with van der Waals surface area (Å²) in [6.45, 7) is 22.5. The highest BCUT2D eigenvalue weighted by Gasteiger charge is 2.30. The Kier molecular flexibility index (Phi) is 14.5. The van der Waals surface area contributed by atoms with Crippen LogP contribution in [0.1, 0.15) is 32.6 Å². The minimum absolute atomic E-state index is 0.889. The SMILES string of the molecule is CCCCCCO[Si](C)(C)O[SiH](C)C.CO[Si](C)(C)O[Si](C)(C)C. The van der Waals surface area contributed by atoms with Crippen LogP contribution in [0.15, 0.2) is 0 Å². The van der Waals surface area contributed by atoms with Crippen molar-refractivity contribution >= 4 is 34.5 Å². The van der Waals surface area contributed by atoms with E-state index in [0.29, 0.717) is 0 Å². The zero-order valence-corrected chi connectivity index (χ0v) is 22.4. The number of unbranched alkanes of at least 4 members (excludes halogenated alkanes) is 3. The minimum Gasteiger partial charge on any atom is -0.439 e. The first-order chi connectivity index (χ1) is 10.7. The van der Waals surface area contributed by atoms with Crippen LogP contribution in [0.5, 0.6) is 0 Å². The summed E-state index contributed by atoms with van der Waals surface area (Å²) in [5.41, 5.74) is 0. The highest BCUT2D eigenvalue weighted by Crippen LogP contribution is 2.13. The van der Waals surface area contributed by atoms with Gasteiger partial charge in [-0.15, -0.1) is 0 Å². The van der Waals surface area contributed by atoms with Gasteiger partial charge in [-0.05, 0) is 65.3 Å². The number of hydrogen-bond acceptors (Lipinski definition) is 4. The van der Waals surface area contributed by atoms with Gasteiger partial charge in [-0.3, -0.25) is 0 Å². The van der Waals surface area contributed by atoms with Crippen molar-refractivity contribution in [2.24, 2.45) is 0 Å². The molecular weight excluding hydrogens is 369 g/mol. The lowest BCUT2D eigenvalue weighted by Gasteiger charge is -2.29. The van der Waals surface area contributed by atoms with Crippen molar-refractivity contribution in [3.05, 3.63) is 0 Å². The predicted octanol–water partition coefficient (Wildman–Crippen LogP) is 5.47. The Morgan fingerprint density at radius 2 is 1.33 bits per heavy atom. The topological polar surface area (TPSA) is 36.9 Å². The zero-order chi connectivity index (χ0) is 19.4. The standard InChI is InChI=1S/C10H26O2Si2.C6H18O2Si2/c1-6-7-8-9-10-11-14(4,5)12-13(2)3;1-7-10(5,6)8-9(2,3)4/h13H,6-10H2,1-5H3;1-6H3. The molecule has 0 aromatic carbocycles. The van der Waals surface area contributed by atoms with E-state index in [-0.39, 0.29) is 0 Å². The minimum atomic E-state index is -1.76. The second-order valence-electron chi connectivity index (χ2n) is 8.29. The van der Waals surface area contributed by atoms with Gasteiger partial charge in [-0.1, -0.05) is 26.2 Å². The molecule has 0 saturated heterocycles. The molecule has 0 fully saturated rings. The van der Waals surface area contributed by atoms with Gasteiger partial charge >= 0.3 is 17.1 Å². The van der Waals surface area contributed by atoms with E-state index < -0.39 is 34.5 Å². The zero-order valence-electron chi connectivity index (χ0n) is 18.2. The molecule has 0 heterocycles. The normalized spacial score (nSPS) is 13.0. The molecular formula is C16H44O4Si4. The monoisotopic (exact) mass is 412 g/mol. The van der Waals surface area contributed by atoms with Crippen molar-refractivity contribution in [3.63, 3.8) is 0 Å². The lowest BCUT2D eigenvalue weighted by atomic mass is 10.2. The summed E-state index contributed by atoms with van der Waals surface area (Å²) < 4.78 is 22.8. The summed E-state index contributed by atoms with van der Waals surface area (Å²) in [4.78, 5) is 0. The Balaban J connectivity index is 0. The maximum atomic E-state index is 5.90. The summed E-state index contributed by atoms with van der Waals surface area (Å²) >= 11 is 0. The van der Waals surface area contributed by atoms with Crippen LogP contribution in [0.25, 0.3) is 0 Å². The number of rotatable bonds is 11. The Morgan fingerprint density at radius 1 is 0.792 bits per heavy atom. The molecule has 0 bridgehead atoms. The van der Waals surface area contributed by atoms with Crippen LogP contribution < -0.4 is 0 Å². The first-order valence-electron chi connectivity index (χ1n) is 9.32. The van der Waals surface area contributed by atoms with Gasteiger partial charge in [0.25, 0.3) is 0 Å².